The van der Waals surface area contributed by atoms with Crippen LogP contribution >= 0.6 is 12.4 Å². The summed E-state index contributed by atoms with van der Waals surface area (Å²) in [6.07, 6.45) is 0.624. The minimum absolute atomic E-state index is 0. The molecule has 1 aromatic rings. The van der Waals surface area contributed by atoms with E-state index in [-0.39, 0.29) is 18.4 Å². The van der Waals surface area contributed by atoms with Crippen molar-refractivity contribution in [2.45, 2.75) is 25.9 Å². The number of carbonyl (C=O) groups is 1. The van der Waals surface area contributed by atoms with E-state index < -0.39 is 5.97 Å². The van der Waals surface area contributed by atoms with E-state index in [0.29, 0.717) is 6.42 Å². The van der Waals surface area contributed by atoms with Gasteiger partial charge in [0.25, 0.3) is 0 Å². The number of hydrogen-bond donors (Lipinski definition) is 1. The molecule has 88 valence electrons. The lowest BCUT2D eigenvalue weighted by Gasteiger charge is -2.33. The number of nitrogens with zero attached hydrogens (tertiary/aromatic N) is 1. The first-order chi connectivity index (χ1) is 7.22. The predicted molar refractivity (Wildman–Crippen MR) is 64.9 cm³/mol. The highest BCUT2D eigenvalue weighted by Crippen LogP contribution is 2.22. The van der Waals surface area contributed by atoms with Crippen LogP contribution in [0.15, 0.2) is 24.3 Å². The Hall–Kier alpha value is -1.06. The minimum Gasteiger partial charge on any atom is -0.480 e. The van der Waals surface area contributed by atoms with Crippen molar-refractivity contribution in [3.63, 3.8) is 0 Å². The molecule has 1 aliphatic heterocycles. The third-order valence-electron chi connectivity index (χ3n) is 3.04. The zero-order valence-electron chi connectivity index (χ0n) is 9.22. The van der Waals surface area contributed by atoms with Crippen LogP contribution in [0.3, 0.4) is 0 Å². The summed E-state index contributed by atoms with van der Waals surface area (Å²) in [6.45, 7) is 3.54. The second-order valence-corrected chi connectivity index (χ2v) is 3.89. The number of fused-ring (bicyclic) bond motifs is 1. The Balaban J connectivity index is 0.00000128. The van der Waals surface area contributed by atoms with Gasteiger partial charge in [-0.2, -0.15) is 0 Å². The quantitative estimate of drug-likeness (QED) is 0.860. The van der Waals surface area contributed by atoms with E-state index >= 15 is 0 Å². The van der Waals surface area contributed by atoms with Crippen molar-refractivity contribution < 1.29 is 9.90 Å². The largest absolute Gasteiger partial charge is 0.480 e. The fourth-order valence-electron chi connectivity index (χ4n) is 2.15. The van der Waals surface area contributed by atoms with Gasteiger partial charge in [-0.3, -0.25) is 9.69 Å². The summed E-state index contributed by atoms with van der Waals surface area (Å²) in [5.74, 6) is -0.716. The molecule has 0 bridgehead atoms. The van der Waals surface area contributed by atoms with Crippen LogP contribution < -0.4 is 0 Å². The molecule has 0 spiro atoms. The van der Waals surface area contributed by atoms with E-state index in [4.69, 9.17) is 5.11 Å². The zero-order valence-corrected chi connectivity index (χ0v) is 10.0. The molecule has 0 aromatic heterocycles. The number of hydrogen-bond acceptors (Lipinski definition) is 2. The third-order valence-corrected chi connectivity index (χ3v) is 3.04. The van der Waals surface area contributed by atoms with Crippen molar-refractivity contribution in [2.24, 2.45) is 0 Å². The molecule has 0 saturated carbocycles. The fourth-order valence-corrected chi connectivity index (χ4v) is 2.15. The van der Waals surface area contributed by atoms with Gasteiger partial charge in [0.1, 0.15) is 6.04 Å². The maximum atomic E-state index is 11.1. The summed E-state index contributed by atoms with van der Waals surface area (Å²) in [5, 5.41) is 9.12. The number of halogens is 1. The summed E-state index contributed by atoms with van der Waals surface area (Å²) in [5.41, 5.74) is 2.44. The van der Waals surface area contributed by atoms with E-state index in [1.807, 2.05) is 30.0 Å². The Morgan fingerprint density at radius 1 is 1.44 bits per heavy atom. The summed E-state index contributed by atoms with van der Waals surface area (Å²) in [6, 6.07) is 7.73. The maximum absolute atomic E-state index is 11.1. The number of carboxylic acids is 1. The van der Waals surface area contributed by atoms with Crippen LogP contribution in [0.4, 0.5) is 0 Å². The summed E-state index contributed by atoms with van der Waals surface area (Å²) in [4.78, 5) is 13.1. The average molecular weight is 242 g/mol. The van der Waals surface area contributed by atoms with Crippen molar-refractivity contribution in [1.29, 1.82) is 0 Å². The predicted octanol–water partition coefficient (Wildman–Crippen LogP) is 1.94. The molecule has 3 nitrogen and oxygen atoms in total. The molecular formula is C12H16ClNO2. The number of benzene rings is 1. The van der Waals surface area contributed by atoms with E-state index in [1.54, 1.807) is 0 Å². The van der Waals surface area contributed by atoms with Crippen molar-refractivity contribution in [3.8, 4) is 0 Å². The van der Waals surface area contributed by atoms with Crippen LogP contribution in [-0.2, 0) is 17.8 Å². The maximum Gasteiger partial charge on any atom is 0.321 e. The van der Waals surface area contributed by atoms with Gasteiger partial charge in [0.15, 0.2) is 0 Å². The summed E-state index contributed by atoms with van der Waals surface area (Å²) >= 11 is 0. The van der Waals surface area contributed by atoms with Crippen molar-refractivity contribution in [3.05, 3.63) is 35.4 Å². The van der Waals surface area contributed by atoms with Crippen molar-refractivity contribution >= 4 is 18.4 Å². The highest BCUT2D eigenvalue weighted by molar-refractivity contribution is 5.85. The van der Waals surface area contributed by atoms with Gasteiger partial charge in [-0.25, -0.2) is 0 Å². The van der Waals surface area contributed by atoms with Crippen molar-refractivity contribution in [1.82, 2.24) is 4.90 Å². The lowest BCUT2D eigenvalue weighted by Crippen LogP contribution is -2.45. The lowest BCUT2D eigenvalue weighted by molar-refractivity contribution is -0.143. The zero-order chi connectivity index (χ0) is 10.8. The van der Waals surface area contributed by atoms with E-state index in [2.05, 4.69) is 6.07 Å². The van der Waals surface area contributed by atoms with Crippen LogP contribution in [0.2, 0.25) is 0 Å². The first-order valence-electron chi connectivity index (χ1n) is 5.26. The van der Waals surface area contributed by atoms with Gasteiger partial charge in [0.05, 0.1) is 0 Å². The normalized spacial score (nSPS) is 19.7. The van der Waals surface area contributed by atoms with Crippen LogP contribution in [0.25, 0.3) is 0 Å². The smallest absolute Gasteiger partial charge is 0.321 e. The summed E-state index contributed by atoms with van der Waals surface area (Å²) in [7, 11) is 0. The lowest BCUT2D eigenvalue weighted by atomic mass is 9.94. The molecule has 0 radical (unpaired) electrons. The second kappa shape index (κ2) is 5.32. The Labute approximate surface area is 101 Å². The Morgan fingerprint density at radius 3 is 2.62 bits per heavy atom. The van der Waals surface area contributed by atoms with Crippen LogP contribution in [0, 0.1) is 0 Å². The Morgan fingerprint density at radius 2 is 2.06 bits per heavy atom. The first-order valence-corrected chi connectivity index (χ1v) is 5.26. The Bertz CT molecular complexity index is 381. The molecule has 1 heterocycles. The minimum atomic E-state index is -0.716. The Kier molecular flexibility index (Phi) is 4.33. The average Bonchev–Trinajstić information content (AvgIpc) is 2.27. The van der Waals surface area contributed by atoms with Gasteiger partial charge in [-0.1, -0.05) is 31.2 Å². The highest BCUT2D eigenvalue weighted by atomic mass is 35.5. The van der Waals surface area contributed by atoms with Crippen LogP contribution in [0.1, 0.15) is 18.1 Å². The fraction of sp³-hybridized carbons (Fsp3) is 0.417. The third kappa shape index (κ3) is 2.36. The van der Waals surface area contributed by atoms with Crippen LogP contribution in [0.5, 0.6) is 0 Å². The van der Waals surface area contributed by atoms with Gasteiger partial charge in [-0.05, 0) is 24.1 Å². The molecule has 1 N–H and O–H groups in total. The van der Waals surface area contributed by atoms with Gasteiger partial charge in [-0.15, -0.1) is 12.4 Å². The number of likely N-dealkylation sites (N-methyl/N-ethyl adjacent to an activating group) is 1. The van der Waals surface area contributed by atoms with Gasteiger partial charge in [0.2, 0.25) is 0 Å². The molecule has 1 aromatic carbocycles. The molecule has 1 atom stereocenters. The molecular weight excluding hydrogens is 226 g/mol. The monoisotopic (exact) mass is 241 g/mol. The molecule has 4 heteroatoms. The van der Waals surface area contributed by atoms with Crippen LogP contribution in [-0.4, -0.2) is 28.6 Å². The van der Waals surface area contributed by atoms with Crippen molar-refractivity contribution in [2.75, 3.05) is 6.54 Å². The van der Waals surface area contributed by atoms with E-state index in [9.17, 15) is 4.79 Å². The highest BCUT2D eigenvalue weighted by Gasteiger charge is 2.29. The molecule has 16 heavy (non-hydrogen) atoms. The number of carboxylic acid groups (broad SMARTS) is 1. The number of rotatable bonds is 2. The standard InChI is InChI=1S/C12H15NO2.ClH/c1-2-13-8-10-6-4-3-5-9(10)7-11(13)12(14)15;/h3-6,11H,2,7-8H2,1H3,(H,14,15);1H. The molecule has 0 amide bonds. The van der Waals surface area contributed by atoms with Gasteiger partial charge < -0.3 is 5.11 Å². The molecule has 0 fully saturated rings. The molecule has 0 aliphatic carbocycles. The summed E-state index contributed by atoms with van der Waals surface area (Å²) < 4.78 is 0. The molecule has 2 rings (SSSR count). The number of aliphatic carboxylic acids is 1. The van der Waals surface area contributed by atoms with E-state index in [0.717, 1.165) is 13.1 Å². The van der Waals surface area contributed by atoms with E-state index in [1.165, 1.54) is 11.1 Å². The topological polar surface area (TPSA) is 40.5 Å². The second-order valence-electron chi connectivity index (χ2n) is 3.89. The van der Waals surface area contributed by atoms with Gasteiger partial charge >= 0.3 is 5.97 Å². The molecule has 1 unspecified atom stereocenters. The SMILES string of the molecule is CCN1Cc2ccccc2CC1C(=O)O.Cl. The first kappa shape index (κ1) is 13.0. The molecule has 1 aliphatic rings. The van der Waals surface area contributed by atoms with Gasteiger partial charge in [0, 0.05) is 6.54 Å². The molecule has 0 saturated heterocycles.